The molecule has 1 atom stereocenters. The number of nitrogens with zero attached hydrogens (tertiary/aromatic N) is 4. The zero-order chi connectivity index (χ0) is 29.1. The van der Waals surface area contributed by atoms with Crippen molar-refractivity contribution in [2.24, 2.45) is 5.73 Å². The van der Waals surface area contributed by atoms with E-state index in [-0.39, 0.29) is 5.91 Å². The Hall–Kier alpha value is -5.29. The lowest BCUT2D eigenvalue weighted by Gasteiger charge is -2.13. The number of fused-ring (bicyclic) bond motifs is 1. The molecule has 5 aromatic rings. The minimum Gasteiger partial charge on any atom is -0.495 e. The van der Waals surface area contributed by atoms with Crippen LogP contribution in [0.3, 0.4) is 0 Å². The predicted octanol–water partition coefficient (Wildman–Crippen LogP) is 4.63. The Morgan fingerprint density at radius 3 is 2.37 bits per heavy atom. The first-order valence-electron chi connectivity index (χ1n) is 12.7. The lowest BCUT2D eigenvalue weighted by atomic mass is 10.1. The number of anilines is 3. The van der Waals surface area contributed by atoms with Crippen LogP contribution in [0.5, 0.6) is 5.75 Å². The molecule has 10 nitrogen and oxygen atoms in total. The summed E-state index contributed by atoms with van der Waals surface area (Å²) in [5, 5.41) is 10.5. The molecule has 2 amide bonds. The molecule has 5 rings (SSSR count). The minimum absolute atomic E-state index is 0.128. The number of carbonyl (C=O) groups is 2. The van der Waals surface area contributed by atoms with Crippen LogP contribution in [0.15, 0.2) is 85.1 Å². The molecule has 11 heteroatoms. The number of ether oxygens (including phenoxy) is 1. The number of benzene rings is 3. The average Bonchev–Trinajstić information content (AvgIpc) is 3.39. The Bertz CT molecular complexity index is 1720. The highest BCUT2D eigenvalue weighted by molar-refractivity contribution is 5.96. The quantitative estimate of drug-likeness (QED) is 0.256. The molecule has 208 valence electrons. The Kier molecular flexibility index (Phi) is 7.61. The zero-order valence-electron chi connectivity index (χ0n) is 22.6. The summed E-state index contributed by atoms with van der Waals surface area (Å²) in [6, 6.07) is 20.8. The van der Waals surface area contributed by atoms with E-state index in [0.717, 1.165) is 11.1 Å². The van der Waals surface area contributed by atoms with Crippen LogP contribution < -0.4 is 21.1 Å². The molecule has 0 unspecified atom stereocenters. The van der Waals surface area contributed by atoms with Crippen molar-refractivity contribution in [2.75, 3.05) is 31.8 Å². The first-order chi connectivity index (χ1) is 19.7. The molecule has 2 heterocycles. The van der Waals surface area contributed by atoms with Gasteiger partial charge in [0.25, 0.3) is 5.91 Å². The van der Waals surface area contributed by atoms with Gasteiger partial charge in [0.15, 0.2) is 5.65 Å². The van der Waals surface area contributed by atoms with Crippen LogP contribution in [0, 0.1) is 5.82 Å². The lowest BCUT2D eigenvalue weighted by molar-refractivity contribution is -0.117. The number of pyridine rings is 1. The van der Waals surface area contributed by atoms with E-state index < -0.39 is 17.8 Å². The third-order valence-electron chi connectivity index (χ3n) is 6.43. The largest absolute Gasteiger partial charge is 0.495 e. The molecule has 0 fully saturated rings. The van der Waals surface area contributed by atoms with Crippen LogP contribution in [-0.4, -0.2) is 52.5 Å². The van der Waals surface area contributed by atoms with Crippen molar-refractivity contribution in [1.82, 2.24) is 19.5 Å². The van der Waals surface area contributed by atoms with Gasteiger partial charge < -0.3 is 26.0 Å². The molecule has 0 radical (unpaired) electrons. The molecule has 4 N–H and O–H groups in total. The number of rotatable bonds is 8. The summed E-state index contributed by atoms with van der Waals surface area (Å²) in [7, 11) is 4.91. The van der Waals surface area contributed by atoms with E-state index in [4.69, 9.17) is 10.5 Å². The Balaban J connectivity index is 1.29. The van der Waals surface area contributed by atoms with Crippen molar-refractivity contribution in [3.8, 4) is 16.9 Å². The Morgan fingerprint density at radius 2 is 1.68 bits per heavy atom. The van der Waals surface area contributed by atoms with Crippen molar-refractivity contribution in [3.63, 3.8) is 0 Å². The van der Waals surface area contributed by atoms with Crippen molar-refractivity contribution < 1.29 is 18.7 Å². The van der Waals surface area contributed by atoms with Crippen molar-refractivity contribution in [2.45, 2.75) is 6.04 Å². The van der Waals surface area contributed by atoms with Gasteiger partial charge in [-0.2, -0.15) is 4.98 Å². The Morgan fingerprint density at radius 1 is 0.976 bits per heavy atom. The number of carbonyl (C=O) groups excluding carboxylic acids is 2. The fraction of sp³-hybridized carbons (Fsp3) is 0.133. The van der Waals surface area contributed by atoms with Gasteiger partial charge in [-0.25, -0.2) is 8.91 Å². The lowest BCUT2D eigenvalue weighted by Crippen LogP contribution is -2.27. The second-order valence-corrected chi connectivity index (χ2v) is 9.49. The highest BCUT2D eigenvalue weighted by Gasteiger charge is 2.17. The van der Waals surface area contributed by atoms with Gasteiger partial charge in [-0.3, -0.25) is 9.59 Å². The number of methoxy groups -OCH3 is 1. The second kappa shape index (κ2) is 11.4. The molecule has 2 aromatic heterocycles. The van der Waals surface area contributed by atoms with Gasteiger partial charge in [0.2, 0.25) is 11.9 Å². The molecule has 0 saturated carbocycles. The summed E-state index contributed by atoms with van der Waals surface area (Å²) < 4.78 is 20.3. The topological polar surface area (TPSA) is 127 Å². The first-order valence-corrected chi connectivity index (χ1v) is 12.7. The highest BCUT2D eigenvalue weighted by Crippen LogP contribution is 2.29. The van der Waals surface area contributed by atoms with Crippen LogP contribution in [0.25, 0.3) is 16.8 Å². The molecule has 41 heavy (non-hydrogen) atoms. The molecule has 0 bridgehead atoms. The molecule has 0 aliphatic carbocycles. The maximum absolute atomic E-state index is 13.2. The van der Waals surface area contributed by atoms with Gasteiger partial charge in [0, 0.05) is 37.1 Å². The molecule has 0 aliphatic heterocycles. The van der Waals surface area contributed by atoms with Crippen molar-refractivity contribution in [1.29, 1.82) is 0 Å². The number of aromatic nitrogens is 3. The van der Waals surface area contributed by atoms with Gasteiger partial charge in [-0.1, -0.05) is 24.3 Å². The van der Waals surface area contributed by atoms with E-state index in [1.54, 1.807) is 48.9 Å². The third-order valence-corrected chi connectivity index (χ3v) is 6.43. The van der Waals surface area contributed by atoms with Gasteiger partial charge in [-0.15, -0.1) is 5.10 Å². The van der Waals surface area contributed by atoms with E-state index in [0.29, 0.717) is 39.8 Å². The maximum atomic E-state index is 13.2. The molecule has 0 saturated heterocycles. The van der Waals surface area contributed by atoms with Gasteiger partial charge in [-0.05, 0) is 65.7 Å². The van der Waals surface area contributed by atoms with Crippen LogP contribution >= 0.6 is 0 Å². The van der Waals surface area contributed by atoms with Gasteiger partial charge in [0.1, 0.15) is 17.6 Å². The summed E-state index contributed by atoms with van der Waals surface area (Å²) >= 11 is 0. The van der Waals surface area contributed by atoms with E-state index in [9.17, 15) is 14.0 Å². The molecular weight excluding hydrogens is 525 g/mol. The molecule has 0 spiro atoms. The van der Waals surface area contributed by atoms with Gasteiger partial charge in [0.05, 0.1) is 12.8 Å². The summed E-state index contributed by atoms with van der Waals surface area (Å²) in [5.74, 6) is -0.0649. The molecular formula is C30H28FN7O3. The first kappa shape index (κ1) is 27.3. The Labute approximate surface area is 235 Å². The maximum Gasteiger partial charge on any atom is 0.253 e. The fourth-order valence-electron chi connectivity index (χ4n) is 4.20. The number of nitrogens with two attached hydrogens (primary N) is 1. The predicted molar refractivity (Wildman–Crippen MR) is 155 cm³/mol. The number of hydrogen-bond donors (Lipinski definition) is 3. The summed E-state index contributed by atoms with van der Waals surface area (Å²) in [6.45, 7) is 0. The summed E-state index contributed by atoms with van der Waals surface area (Å²) in [6.07, 6.45) is 1.85. The smallest absolute Gasteiger partial charge is 0.253 e. The number of nitrogens with one attached hydrogen (secondary N) is 2. The number of hydrogen-bond acceptors (Lipinski definition) is 7. The van der Waals surface area contributed by atoms with Crippen molar-refractivity contribution >= 4 is 34.8 Å². The second-order valence-electron chi connectivity index (χ2n) is 9.49. The van der Waals surface area contributed by atoms with Crippen LogP contribution in [0.4, 0.5) is 21.7 Å². The van der Waals surface area contributed by atoms with Crippen molar-refractivity contribution in [3.05, 3.63) is 102 Å². The number of halogens is 1. The standard InChI is InChI=1S/C30H28FN7O3/c1-37(2)29(40)20-8-14-24(25(16-20)41-3)34-30-35-26-15-9-21(17-38(26)36-30)18-6-12-23(13-7-18)33-28(39)27(32)19-4-10-22(31)11-5-19/h4-17,27H,32H2,1-3H3,(H,33,39)(H,34,36)/t27-/m1/s1. The van der Waals surface area contributed by atoms with Crippen LogP contribution in [-0.2, 0) is 4.79 Å². The van der Waals surface area contributed by atoms with E-state index >= 15 is 0 Å². The zero-order valence-corrected chi connectivity index (χ0v) is 22.6. The third kappa shape index (κ3) is 5.99. The van der Waals surface area contributed by atoms with E-state index in [1.165, 1.54) is 36.3 Å². The average molecular weight is 554 g/mol. The fourth-order valence-corrected chi connectivity index (χ4v) is 4.20. The van der Waals surface area contributed by atoms with E-state index in [2.05, 4.69) is 20.7 Å². The van der Waals surface area contributed by atoms with Gasteiger partial charge >= 0.3 is 0 Å². The summed E-state index contributed by atoms with van der Waals surface area (Å²) in [5.41, 5.74) is 10.7. The number of amides is 2. The molecule has 0 aliphatic rings. The van der Waals surface area contributed by atoms with E-state index in [1.807, 2.05) is 30.5 Å². The normalized spacial score (nSPS) is 11.6. The monoisotopic (exact) mass is 553 g/mol. The minimum atomic E-state index is -0.925. The molecule has 3 aromatic carbocycles. The highest BCUT2D eigenvalue weighted by atomic mass is 19.1. The summed E-state index contributed by atoms with van der Waals surface area (Å²) in [4.78, 5) is 30.9. The SMILES string of the molecule is COc1cc(C(=O)N(C)C)ccc1Nc1nc2ccc(-c3ccc(NC(=O)[C@H](N)c4ccc(F)cc4)cc3)cn2n1. The van der Waals surface area contributed by atoms with Crippen LogP contribution in [0.1, 0.15) is 22.0 Å². The van der Waals surface area contributed by atoms with Crippen LogP contribution in [0.2, 0.25) is 0 Å².